The van der Waals surface area contributed by atoms with E-state index in [1.54, 1.807) is 19.9 Å². The molecule has 0 saturated carbocycles. The van der Waals surface area contributed by atoms with Gasteiger partial charge in [-0.25, -0.2) is 4.79 Å². The van der Waals surface area contributed by atoms with Gasteiger partial charge in [0.15, 0.2) is 0 Å². The summed E-state index contributed by atoms with van der Waals surface area (Å²) in [5.74, 6) is -0.528. The number of hydrogen-bond donors (Lipinski definition) is 1. The minimum Gasteiger partial charge on any atom is -0.459 e. The number of benzene rings is 1. The Labute approximate surface area is 139 Å². The minimum absolute atomic E-state index is 0.0162. The van der Waals surface area contributed by atoms with Crippen molar-refractivity contribution in [1.82, 2.24) is 0 Å². The van der Waals surface area contributed by atoms with E-state index in [4.69, 9.17) is 20.5 Å². The van der Waals surface area contributed by atoms with Gasteiger partial charge in [-0.15, -0.1) is 0 Å². The minimum atomic E-state index is -0.528. The number of nitrogens with one attached hydrogen (secondary N) is 1. The highest BCUT2D eigenvalue weighted by Crippen LogP contribution is 2.23. The fourth-order valence-electron chi connectivity index (χ4n) is 1.37. The van der Waals surface area contributed by atoms with Crippen LogP contribution in [0.1, 0.15) is 44.5 Å². The maximum atomic E-state index is 11.9. The van der Waals surface area contributed by atoms with Gasteiger partial charge in [-0.2, -0.15) is 0 Å². The van der Waals surface area contributed by atoms with Gasteiger partial charge in [0.25, 0.3) is 0 Å². The van der Waals surface area contributed by atoms with E-state index in [0.717, 1.165) is 18.5 Å². The van der Waals surface area contributed by atoms with Crippen LogP contribution in [0.5, 0.6) is 0 Å². The van der Waals surface area contributed by atoms with Crippen molar-refractivity contribution in [2.45, 2.75) is 46.3 Å². The fourth-order valence-corrected chi connectivity index (χ4v) is 2.11. The predicted molar refractivity (Wildman–Crippen MR) is 89.5 cm³/mol. The number of amides is 1. The molecule has 1 N–H and O–H groups in total. The topological polar surface area (TPSA) is 64.6 Å². The fraction of sp³-hybridized carbons (Fsp3) is 0.467. The van der Waals surface area contributed by atoms with Crippen LogP contribution in [0.25, 0.3) is 0 Å². The third-order valence-corrected chi connectivity index (χ3v) is 3.65. The van der Waals surface area contributed by atoms with Gasteiger partial charge in [-0.1, -0.05) is 18.5 Å². The van der Waals surface area contributed by atoms with Crippen molar-refractivity contribution in [2.75, 3.05) is 5.32 Å². The van der Waals surface area contributed by atoms with Crippen molar-refractivity contribution in [1.29, 1.82) is 0 Å². The summed E-state index contributed by atoms with van der Waals surface area (Å²) < 4.78 is 10.4. The van der Waals surface area contributed by atoms with Crippen molar-refractivity contribution in [3.8, 4) is 0 Å². The van der Waals surface area contributed by atoms with E-state index in [1.807, 2.05) is 13.8 Å². The van der Waals surface area contributed by atoms with Gasteiger partial charge in [0.1, 0.15) is 0 Å². The molecule has 0 spiro atoms. The van der Waals surface area contributed by atoms with Crippen LogP contribution in [0.2, 0.25) is 5.02 Å². The van der Waals surface area contributed by atoms with Crippen LogP contribution in [0.4, 0.5) is 10.5 Å². The molecule has 1 atom stereocenters. The van der Waals surface area contributed by atoms with Crippen molar-refractivity contribution < 1.29 is 18.5 Å². The van der Waals surface area contributed by atoms with Crippen LogP contribution in [0.15, 0.2) is 18.2 Å². The van der Waals surface area contributed by atoms with Crippen LogP contribution >= 0.6 is 23.6 Å². The van der Waals surface area contributed by atoms with Crippen molar-refractivity contribution in [3.63, 3.8) is 0 Å². The Balaban J connectivity index is 2.72. The van der Waals surface area contributed by atoms with Crippen molar-refractivity contribution in [3.05, 3.63) is 28.8 Å². The van der Waals surface area contributed by atoms with Crippen LogP contribution in [-0.2, 0) is 8.92 Å². The molecule has 122 valence electrons. The summed E-state index contributed by atoms with van der Waals surface area (Å²) in [6.45, 7) is 7.35. The number of ether oxygens (including phenoxy) is 1. The predicted octanol–water partition coefficient (Wildman–Crippen LogP) is 4.90. The molecule has 1 aromatic carbocycles. The van der Waals surface area contributed by atoms with Crippen LogP contribution in [0.3, 0.4) is 0 Å². The lowest BCUT2D eigenvalue weighted by Gasteiger charge is -2.12. The third kappa shape index (κ3) is 6.25. The number of carbonyl (C=O) groups is 2. The molecular formula is C15H20ClNO4S. The zero-order chi connectivity index (χ0) is 16.7. The monoisotopic (exact) mass is 345 g/mol. The van der Waals surface area contributed by atoms with E-state index in [9.17, 15) is 9.59 Å². The number of carbonyl (C=O) groups excluding carboxylic acids is 2. The Kier molecular flexibility index (Phi) is 7.72. The van der Waals surface area contributed by atoms with Gasteiger partial charge >= 0.3 is 11.2 Å². The third-order valence-electron chi connectivity index (χ3n) is 2.64. The summed E-state index contributed by atoms with van der Waals surface area (Å²) in [6.07, 6.45) is 0.547. The van der Waals surface area contributed by atoms with Gasteiger partial charge in [-0.05, 0) is 45.4 Å². The maximum Gasteiger partial charge on any atom is 0.339 e. The summed E-state index contributed by atoms with van der Waals surface area (Å²) in [5.41, 5.74) is 0.659. The maximum absolute atomic E-state index is 11.9. The average molecular weight is 346 g/mol. The molecule has 0 saturated heterocycles. The lowest BCUT2D eigenvalue weighted by Crippen LogP contribution is -2.13. The van der Waals surface area contributed by atoms with Crippen LogP contribution < -0.4 is 5.32 Å². The van der Waals surface area contributed by atoms with Crippen LogP contribution in [0, 0.1) is 0 Å². The van der Waals surface area contributed by atoms with Crippen molar-refractivity contribution in [2.24, 2.45) is 0 Å². The normalized spacial score (nSPS) is 12.1. The molecule has 0 unspecified atom stereocenters. The van der Waals surface area contributed by atoms with E-state index in [2.05, 4.69) is 5.32 Å². The SMILES string of the molecule is CC[C@H](C)OSC(=O)Nc1ccc(Cl)c(C(=O)OC(C)C)c1. The van der Waals surface area contributed by atoms with E-state index in [-0.39, 0.29) is 28.0 Å². The Morgan fingerprint density at radius 2 is 2.00 bits per heavy atom. The first kappa shape index (κ1) is 18.8. The lowest BCUT2D eigenvalue weighted by atomic mass is 10.2. The Hall–Kier alpha value is -1.24. The second-order valence-corrected chi connectivity index (χ2v) is 6.10. The second-order valence-electron chi connectivity index (χ2n) is 4.96. The zero-order valence-electron chi connectivity index (χ0n) is 13.0. The second kappa shape index (κ2) is 9.02. The molecular weight excluding hydrogens is 326 g/mol. The molecule has 0 heterocycles. The molecule has 7 heteroatoms. The Bertz CT molecular complexity index is 536. The Morgan fingerprint density at radius 1 is 1.32 bits per heavy atom. The summed E-state index contributed by atoms with van der Waals surface area (Å²) in [7, 11) is 0. The quantitative estimate of drug-likeness (QED) is 0.586. The van der Waals surface area contributed by atoms with E-state index < -0.39 is 5.97 Å². The first-order chi connectivity index (χ1) is 10.3. The summed E-state index contributed by atoms with van der Waals surface area (Å²) in [4.78, 5) is 23.7. The van der Waals surface area contributed by atoms with Gasteiger partial charge < -0.3 is 14.2 Å². The molecule has 1 rings (SSSR count). The average Bonchev–Trinajstić information content (AvgIpc) is 2.45. The smallest absolute Gasteiger partial charge is 0.339 e. The van der Waals surface area contributed by atoms with Gasteiger partial charge in [-0.3, -0.25) is 4.79 Å². The van der Waals surface area contributed by atoms with Crippen molar-refractivity contribution >= 4 is 40.5 Å². The number of anilines is 1. The molecule has 1 aromatic rings. The number of hydrogen-bond acceptors (Lipinski definition) is 5. The van der Waals surface area contributed by atoms with Gasteiger partial charge in [0, 0.05) is 5.69 Å². The van der Waals surface area contributed by atoms with Gasteiger partial charge in [0.05, 0.1) is 34.8 Å². The molecule has 0 aliphatic heterocycles. The van der Waals surface area contributed by atoms with Gasteiger partial charge in [0.2, 0.25) is 0 Å². The zero-order valence-corrected chi connectivity index (χ0v) is 14.6. The molecule has 0 aromatic heterocycles. The van der Waals surface area contributed by atoms with Crippen LogP contribution in [-0.4, -0.2) is 23.4 Å². The standard InChI is InChI=1S/C15H20ClNO4S/c1-5-10(4)21-22-15(19)17-11-6-7-13(16)12(8-11)14(18)20-9(2)3/h6-10H,5H2,1-4H3,(H,17,19)/t10-/m0/s1. The molecule has 0 fully saturated rings. The highest BCUT2D eigenvalue weighted by molar-refractivity contribution is 8.09. The van der Waals surface area contributed by atoms with E-state index >= 15 is 0 Å². The molecule has 5 nitrogen and oxygen atoms in total. The molecule has 0 bridgehead atoms. The van der Waals surface area contributed by atoms with E-state index in [0.29, 0.717) is 5.69 Å². The number of rotatable bonds is 6. The largest absolute Gasteiger partial charge is 0.459 e. The molecule has 0 aliphatic carbocycles. The summed E-state index contributed by atoms with van der Waals surface area (Å²) >= 11 is 6.72. The summed E-state index contributed by atoms with van der Waals surface area (Å²) in [6, 6.07) is 4.62. The molecule has 22 heavy (non-hydrogen) atoms. The molecule has 1 amide bonds. The highest BCUT2D eigenvalue weighted by atomic mass is 35.5. The first-order valence-electron chi connectivity index (χ1n) is 6.98. The summed E-state index contributed by atoms with van der Waals surface area (Å²) in [5, 5.41) is 2.53. The molecule has 0 aliphatic rings. The molecule has 0 radical (unpaired) electrons. The Morgan fingerprint density at radius 3 is 2.59 bits per heavy atom. The highest BCUT2D eigenvalue weighted by Gasteiger charge is 2.15. The lowest BCUT2D eigenvalue weighted by molar-refractivity contribution is 0.0378. The van der Waals surface area contributed by atoms with E-state index in [1.165, 1.54) is 12.1 Å². The first-order valence-corrected chi connectivity index (χ1v) is 8.10. The number of halogens is 1. The number of esters is 1.